The highest BCUT2D eigenvalue weighted by Crippen LogP contribution is 2.32. The third-order valence-electron chi connectivity index (χ3n) is 3.98. The van der Waals surface area contributed by atoms with Gasteiger partial charge in [-0.25, -0.2) is 0 Å². The fourth-order valence-electron chi connectivity index (χ4n) is 2.91. The van der Waals surface area contributed by atoms with Crippen molar-refractivity contribution in [2.45, 2.75) is 51.4 Å². The average Bonchev–Trinajstić information content (AvgIpc) is 2.84. The van der Waals surface area contributed by atoms with Crippen LogP contribution in [0, 0.1) is 0 Å². The van der Waals surface area contributed by atoms with Crippen molar-refractivity contribution in [3.63, 3.8) is 0 Å². The van der Waals surface area contributed by atoms with Gasteiger partial charge in [0.15, 0.2) is 0 Å². The van der Waals surface area contributed by atoms with Gasteiger partial charge in [0.05, 0.1) is 12.7 Å². The third kappa shape index (κ3) is 2.83. The zero-order valence-corrected chi connectivity index (χ0v) is 12.0. The molecular weight excluding hydrogens is 254 g/mol. The van der Waals surface area contributed by atoms with E-state index in [9.17, 15) is 0 Å². The van der Waals surface area contributed by atoms with Crippen LogP contribution in [0.1, 0.15) is 42.5 Å². The van der Waals surface area contributed by atoms with Gasteiger partial charge in [0, 0.05) is 21.7 Å². The molecule has 3 rings (SSSR count). The van der Waals surface area contributed by atoms with Crippen molar-refractivity contribution in [3.8, 4) is 0 Å². The van der Waals surface area contributed by atoms with Crippen molar-refractivity contribution in [3.05, 3.63) is 34.7 Å². The smallest absolute Gasteiger partial charge is 0.0738 e. The molecule has 2 aromatic rings. The summed E-state index contributed by atoms with van der Waals surface area (Å²) in [7, 11) is 0. The highest BCUT2D eigenvalue weighted by atomic mass is 32.1. The monoisotopic (exact) mass is 275 g/mol. The van der Waals surface area contributed by atoms with Crippen LogP contribution in [-0.4, -0.2) is 6.10 Å². The van der Waals surface area contributed by atoms with E-state index in [0.717, 1.165) is 6.61 Å². The van der Waals surface area contributed by atoms with Crippen LogP contribution in [0.5, 0.6) is 0 Å². The number of ether oxygens (including phenoxy) is 1. The largest absolute Gasteiger partial charge is 0.373 e. The SMILES string of the molecule is NCc1sc2ccccc2c1COC1CCCCC1. The van der Waals surface area contributed by atoms with Crippen LogP contribution >= 0.6 is 11.3 Å². The quantitative estimate of drug-likeness (QED) is 0.907. The maximum Gasteiger partial charge on any atom is 0.0738 e. The number of nitrogens with two attached hydrogens (primary N) is 1. The van der Waals surface area contributed by atoms with Gasteiger partial charge in [-0.2, -0.15) is 0 Å². The molecule has 0 atom stereocenters. The minimum absolute atomic E-state index is 0.457. The highest BCUT2D eigenvalue weighted by molar-refractivity contribution is 7.19. The Bertz CT molecular complexity index is 543. The van der Waals surface area contributed by atoms with Gasteiger partial charge in [-0.05, 0) is 24.3 Å². The number of fused-ring (bicyclic) bond motifs is 1. The molecule has 2 nitrogen and oxygen atoms in total. The number of thiophene rings is 1. The average molecular weight is 275 g/mol. The van der Waals surface area contributed by atoms with Crippen molar-refractivity contribution in [1.29, 1.82) is 0 Å². The van der Waals surface area contributed by atoms with E-state index in [1.54, 1.807) is 11.3 Å². The molecule has 0 unspecified atom stereocenters. The molecule has 0 bridgehead atoms. The fourth-order valence-corrected chi connectivity index (χ4v) is 3.99. The van der Waals surface area contributed by atoms with Crippen molar-refractivity contribution in [2.75, 3.05) is 0 Å². The molecule has 1 aliphatic rings. The lowest BCUT2D eigenvalue weighted by atomic mass is 9.98. The second-order valence-corrected chi connectivity index (χ2v) is 6.41. The minimum atomic E-state index is 0.457. The first-order valence-electron chi connectivity index (χ1n) is 7.19. The standard InChI is InChI=1S/C16H21NOS/c17-10-16-14(11-18-12-6-2-1-3-7-12)13-8-4-5-9-15(13)19-16/h4-5,8-9,12H,1-3,6-7,10-11,17H2. The van der Waals surface area contributed by atoms with Crippen LogP contribution in [0.2, 0.25) is 0 Å². The third-order valence-corrected chi connectivity index (χ3v) is 5.22. The second-order valence-electron chi connectivity index (χ2n) is 5.28. The van der Waals surface area contributed by atoms with E-state index in [-0.39, 0.29) is 0 Å². The van der Waals surface area contributed by atoms with Gasteiger partial charge >= 0.3 is 0 Å². The summed E-state index contributed by atoms with van der Waals surface area (Å²) in [5.41, 5.74) is 7.19. The molecule has 1 heterocycles. The van der Waals surface area contributed by atoms with E-state index in [4.69, 9.17) is 10.5 Å². The Balaban J connectivity index is 1.78. The summed E-state index contributed by atoms with van der Waals surface area (Å²) in [5, 5.41) is 1.32. The second kappa shape index (κ2) is 6.04. The Morgan fingerprint density at radius 3 is 2.74 bits per heavy atom. The lowest BCUT2D eigenvalue weighted by Crippen LogP contribution is -2.16. The molecule has 0 spiro atoms. The van der Waals surface area contributed by atoms with Crippen LogP contribution in [-0.2, 0) is 17.9 Å². The van der Waals surface area contributed by atoms with E-state index in [2.05, 4.69) is 24.3 Å². The summed E-state index contributed by atoms with van der Waals surface area (Å²) in [6.07, 6.45) is 6.91. The van der Waals surface area contributed by atoms with Gasteiger partial charge in [-0.15, -0.1) is 11.3 Å². The lowest BCUT2D eigenvalue weighted by molar-refractivity contribution is 0.0173. The topological polar surface area (TPSA) is 35.2 Å². The molecule has 0 amide bonds. The summed E-state index contributed by atoms with van der Waals surface area (Å²) in [6.45, 7) is 1.34. The summed E-state index contributed by atoms with van der Waals surface area (Å²) in [6, 6.07) is 8.54. The summed E-state index contributed by atoms with van der Waals surface area (Å²) in [5.74, 6) is 0. The molecule has 1 saturated carbocycles. The summed E-state index contributed by atoms with van der Waals surface area (Å²) >= 11 is 1.81. The zero-order valence-electron chi connectivity index (χ0n) is 11.2. The first-order valence-corrected chi connectivity index (χ1v) is 8.01. The summed E-state index contributed by atoms with van der Waals surface area (Å²) < 4.78 is 7.45. The van der Waals surface area contributed by atoms with Gasteiger partial charge in [0.25, 0.3) is 0 Å². The first-order chi connectivity index (χ1) is 9.38. The van der Waals surface area contributed by atoms with E-state index in [1.165, 1.54) is 52.6 Å². The predicted molar refractivity (Wildman–Crippen MR) is 81.4 cm³/mol. The van der Waals surface area contributed by atoms with Crippen molar-refractivity contribution >= 4 is 21.4 Å². The maximum atomic E-state index is 6.13. The van der Waals surface area contributed by atoms with Crippen molar-refractivity contribution in [2.24, 2.45) is 5.73 Å². The molecule has 1 aromatic carbocycles. The molecule has 0 radical (unpaired) electrons. The van der Waals surface area contributed by atoms with Crippen LogP contribution in [0.3, 0.4) is 0 Å². The molecule has 2 N–H and O–H groups in total. The molecule has 19 heavy (non-hydrogen) atoms. The van der Waals surface area contributed by atoms with E-state index in [0.29, 0.717) is 12.6 Å². The summed E-state index contributed by atoms with van der Waals surface area (Å²) in [4.78, 5) is 1.28. The number of rotatable bonds is 4. The van der Waals surface area contributed by atoms with Crippen molar-refractivity contribution < 1.29 is 4.74 Å². The molecule has 0 saturated heterocycles. The van der Waals surface area contributed by atoms with Crippen molar-refractivity contribution in [1.82, 2.24) is 0 Å². The highest BCUT2D eigenvalue weighted by Gasteiger charge is 2.16. The Labute approximate surface area is 118 Å². The first kappa shape index (κ1) is 13.1. The van der Waals surface area contributed by atoms with Crippen LogP contribution < -0.4 is 5.73 Å². The van der Waals surface area contributed by atoms with E-state index >= 15 is 0 Å². The van der Waals surface area contributed by atoms with Gasteiger partial charge in [-0.3, -0.25) is 0 Å². The Hall–Kier alpha value is -0.900. The van der Waals surface area contributed by atoms with Gasteiger partial charge in [0.2, 0.25) is 0 Å². The number of hydrogen-bond donors (Lipinski definition) is 1. The molecule has 1 aliphatic carbocycles. The zero-order chi connectivity index (χ0) is 13.1. The molecule has 1 aromatic heterocycles. The molecular formula is C16H21NOS. The lowest BCUT2D eigenvalue weighted by Gasteiger charge is -2.22. The molecule has 102 valence electrons. The number of hydrogen-bond acceptors (Lipinski definition) is 3. The van der Waals surface area contributed by atoms with E-state index < -0.39 is 0 Å². The number of benzene rings is 1. The molecule has 1 fully saturated rings. The van der Waals surface area contributed by atoms with Gasteiger partial charge in [-0.1, -0.05) is 37.5 Å². The minimum Gasteiger partial charge on any atom is -0.373 e. The van der Waals surface area contributed by atoms with Crippen LogP contribution in [0.4, 0.5) is 0 Å². The van der Waals surface area contributed by atoms with Crippen LogP contribution in [0.15, 0.2) is 24.3 Å². The van der Waals surface area contributed by atoms with Crippen LogP contribution in [0.25, 0.3) is 10.1 Å². The Kier molecular flexibility index (Phi) is 4.16. The van der Waals surface area contributed by atoms with Gasteiger partial charge < -0.3 is 10.5 Å². The maximum absolute atomic E-state index is 6.13. The fraction of sp³-hybridized carbons (Fsp3) is 0.500. The Morgan fingerprint density at radius 1 is 1.16 bits per heavy atom. The van der Waals surface area contributed by atoms with E-state index in [1.807, 2.05) is 0 Å². The normalized spacial score (nSPS) is 17.1. The molecule has 0 aliphatic heterocycles. The molecule has 3 heteroatoms. The van der Waals surface area contributed by atoms with Gasteiger partial charge in [0.1, 0.15) is 0 Å². The Morgan fingerprint density at radius 2 is 1.95 bits per heavy atom. The predicted octanol–water partition coefficient (Wildman–Crippen LogP) is 4.21.